The maximum absolute atomic E-state index is 13.3. The fourth-order valence-electron chi connectivity index (χ4n) is 3.99. The number of alkyl halides is 6. The Morgan fingerprint density at radius 3 is 1.84 bits per heavy atom. The number of aliphatic hydroxyl groups is 1. The zero-order valence-corrected chi connectivity index (χ0v) is 17.5. The molecule has 3 nitrogen and oxygen atoms in total. The van der Waals surface area contributed by atoms with Crippen LogP contribution in [0, 0.1) is 0 Å². The predicted octanol–water partition coefficient (Wildman–Crippen LogP) is 5.27. The number of aliphatic hydroxyl groups excluding tert-OH is 1. The molecule has 1 aliphatic rings. The summed E-state index contributed by atoms with van der Waals surface area (Å²) in [6, 6.07) is 10.7. The van der Waals surface area contributed by atoms with E-state index >= 15 is 0 Å². The number of benzene rings is 2. The molecule has 1 atom stereocenters. The van der Waals surface area contributed by atoms with Crippen LogP contribution < -0.4 is 5.32 Å². The van der Waals surface area contributed by atoms with Gasteiger partial charge in [-0.3, -0.25) is 0 Å². The molecular weight excluding hydrogens is 436 g/mol. The molecule has 1 aliphatic heterocycles. The number of rotatable bonds is 6. The SMILES string of the molecule is CC(CO)(OCC1(c2ccccc2)CCNCC1)c1cc(C(F)(F)F)cc(C(F)(F)F)c1. The first-order valence-electron chi connectivity index (χ1n) is 10.2. The van der Waals surface area contributed by atoms with Crippen LogP contribution in [0.3, 0.4) is 0 Å². The second-order valence-corrected chi connectivity index (χ2v) is 8.37. The summed E-state index contributed by atoms with van der Waals surface area (Å²) in [4.78, 5) is 0. The van der Waals surface area contributed by atoms with Crippen LogP contribution in [-0.2, 0) is 28.1 Å². The molecule has 3 rings (SSSR count). The molecule has 9 heteroatoms. The summed E-state index contributed by atoms with van der Waals surface area (Å²) >= 11 is 0. The Bertz CT molecular complexity index is 875. The molecule has 2 N–H and O–H groups in total. The van der Waals surface area contributed by atoms with Crippen molar-refractivity contribution in [3.63, 3.8) is 0 Å². The van der Waals surface area contributed by atoms with Crippen molar-refractivity contribution >= 4 is 0 Å². The Morgan fingerprint density at radius 1 is 0.875 bits per heavy atom. The Balaban J connectivity index is 1.99. The van der Waals surface area contributed by atoms with Crippen molar-refractivity contribution in [1.29, 1.82) is 0 Å². The second-order valence-electron chi connectivity index (χ2n) is 8.37. The van der Waals surface area contributed by atoms with Gasteiger partial charge in [-0.2, -0.15) is 26.3 Å². The van der Waals surface area contributed by atoms with Crippen molar-refractivity contribution in [2.45, 2.75) is 43.1 Å². The van der Waals surface area contributed by atoms with Crippen molar-refractivity contribution in [3.8, 4) is 0 Å². The van der Waals surface area contributed by atoms with Crippen LogP contribution in [0.15, 0.2) is 48.5 Å². The minimum atomic E-state index is -4.98. The van der Waals surface area contributed by atoms with Crippen LogP contribution in [0.5, 0.6) is 0 Å². The summed E-state index contributed by atoms with van der Waals surface area (Å²) in [6.07, 6.45) is -8.61. The number of nitrogens with one attached hydrogen (secondary N) is 1. The van der Waals surface area contributed by atoms with E-state index in [0.717, 1.165) is 5.56 Å². The summed E-state index contributed by atoms with van der Waals surface area (Å²) in [7, 11) is 0. The Labute approximate surface area is 182 Å². The summed E-state index contributed by atoms with van der Waals surface area (Å²) in [5.41, 5.74) is -4.51. The third kappa shape index (κ3) is 5.27. The van der Waals surface area contributed by atoms with E-state index < -0.39 is 41.1 Å². The van der Waals surface area contributed by atoms with Crippen molar-refractivity contribution < 1.29 is 36.2 Å². The van der Waals surface area contributed by atoms with Crippen molar-refractivity contribution in [2.24, 2.45) is 0 Å². The lowest BCUT2D eigenvalue weighted by atomic mass is 9.73. The molecule has 0 aromatic heterocycles. The standard InChI is InChI=1S/C23H25F6NO2/c1-20(14-31,17-11-18(22(24,25)26)13-19(12-17)23(27,28)29)32-15-21(7-9-30-10-8-21)16-5-3-2-4-6-16/h2-6,11-13,30-31H,7-10,14-15H2,1H3. The fourth-order valence-corrected chi connectivity index (χ4v) is 3.99. The number of halogens is 6. The molecule has 1 unspecified atom stereocenters. The average Bonchev–Trinajstić information content (AvgIpc) is 2.77. The quantitative estimate of drug-likeness (QED) is 0.576. The van der Waals surface area contributed by atoms with Crippen LogP contribution >= 0.6 is 0 Å². The van der Waals surface area contributed by atoms with E-state index in [1.54, 1.807) is 0 Å². The fraction of sp³-hybridized carbons (Fsp3) is 0.478. The molecule has 0 saturated carbocycles. The Morgan fingerprint density at radius 2 is 1.38 bits per heavy atom. The minimum absolute atomic E-state index is 0.0351. The Kier molecular flexibility index (Phi) is 6.93. The third-order valence-electron chi connectivity index (χ3n) is 6.11. The van der Waals surface area contributed by atoms with Gasteiger partial charge in [0.25, 0.3) is 0 Å². The highest BCUT2D eigenvalue weighted by molar-refractivity contribution is 5.37. The smallest absolute Gasteiger partial charge is 0.393 e. The highest BCUT2D eigenvalue weighted by Crippen LogP contribution is 2.41. The lowest BCUT2D eigenvalue weighted by Crippen LogP contribution is -2.45. The first-order valence-corrected chi connectivity index (χ1v) is 10.2. The minimum Gasteiger partial charge on any atom is -0.393 e. The maximum atomic E-state index is 13.3. The zero-order valence-electron chi connectivity index (χ0n) is 17.5. The summed E-state index contributed by atoms with van der Waals surface area (Å²) < 4.78 is 85.8. The number of hydrogen-bond donors (Lipinski definition) is 2. The van der Waals surface area contributed by atoms with Crippen molar-refractivity contribution in [2.75, 3.05) is 26.3 Å². The monoisotopic (exact) mass is 461 g/mol. The molecule has 2 aromatic rings. The van der Waals surface area contributed by atoms with Crippen molar-refractivity contribution in [1.82, 2.24) is 5.32 Å². The first-order chi connectivity index (χ1) is 14.9. The van der Waals surface area contributed by atoms with Crippen molar-refractivity contribution in [3.05, 3.63) is 70.8 Å². The summed E-state index contributed by atoms with van der Waals surface area (Å²) in [5.74, 6) is 0. The summed E-state index contributed by atoms with van der Waals surface area (Å²) in [6.45, 7) is 1.94. The maximum Gasteiger partial charge on any atom is 0.416 e. The van der Waals surface area contributed by atoms with Gasteiger partial charge in [-0.15, -0.1) is 0 Å². The molecule has 32 heavy (non-hydrogen) atoms. The molecule has 2 aromatic carbocycles. The van der Waals surface area contributed by atoms with Gasteiger partial charge in [0.05, 0.1) is 24.3 Å². The van der Waals surface area contributed by atoms with Crippen LogP contribution in [0.4, 0.5) is 26.3 Å². The van der Waals surface area contributed by atoms with Gasteiger partial charge in [-0.1, -0.05) is 30.3 Å². The molecule has 0 spiro atoms. The third-order valence-corrected chi connectivity index (χ3v) is 6.11. The molecule has 1 fully saturated rings. The summed E-state index contributed by atoms with van der Waals surface area (Å²) in [5, 5.41) is 13.3. The molecule has 0 bridgehead atoms. The second kappa shape index (κ2) is 9.03. The van der Waals surface area contributed by atoms with E-state index in [9.17, 15) is 31.4 Å². The van der Waals surface area contributed by atoms with E-state index in [4.69, 9.17) is 4.74 Å². The van der Waals surface area contributed by atoms with Crippen LogP contribution in [0.25, 0.3) is 0 Å². The molecule has 1 heterocycles. The van der Waals surface area contributed by atoms with Crippen LogP contribution in [-0.4, -0.2) is 31.4 Å². The lowest BCUT2D eigenvalue weighted by Gasteiger charge is -2.41. The molecule has 0 radical (unpaired) electrons. The van der Waals surface area contributed by atoms with Gasteiger partial charge in [0, 0.05) is 5.41 Å². The number of piperidine rings is 1. The van der Waals surface area contributed by atoms with Gasteiger partial charge in [0.2, 0.25) is 0 Å². The van der Waals surface area contributed by atoms with Gasteiger partial charge in [0.15, 0.2) is 0 Å². The number of ether oxygens (including phenoxy) is 1. The first kappa shape index (κ1) is 24.5. The van der Waals surface area contributed by atoms with E-state index in [1.165, 1.54) is 6.92 Å². The molecule has 0 aliphatic carbocycles. The van der Waals surface area contributed by atoms with Crippen LogP contribution in [0.1, 0.15) is 42.0 Å². The van der Waals surface area contributed by atoms with Crippen LogP contribution in [0.2, 0.25) is 0 Å². The highest BCUT2D eigenvalue weighted by atomic mass is 19.4. The van der Waals surface area contributed by atoms with Gasteiger partial charge in [-0.05, 0) is 62.2 Å². The van der Waals surface area contributed by atoms with Gasteiger partial charge >= 0.3 is 12.4 Å². The molecular formula is C23H25F6NO2. The van der Waals surface area contributed by atoms with E-state index in [1.807, 2.05) is 30.3 Å². The number of hydrogen-bond acceptors (Lipinski definition) is 3. The Hall–Kier alpha value is -2.10. The van der Waals surface area contributed by atoms with E-state index in [0.29, 0.717) is 38.1 Å². The topological polar surface area (TPSA) is 41.5 Å². The molecule has 176 valence electrons. The largest absolute Gasteiger partial charge is 0.416 e. The highest BCUT2D eigenvalue weighted by Gasteiger charge is 2.41. The average molecular weight is 461 g/mol. The predicted molar refractivity (Wildman–Crippen MR) is 107 cm³/mol. The van der Waals surface area contributed by atoms with E-state index in [-0.39, 0.29) is 18.2 Å². The normalized spacial score (nSPS) is 18.9. The van der Waals surface area contributed by atoms with E-state index in [2.05, 4.69) is 5.32 Å². The molecule has 1 saturated heterocycles. The molecule has 0 amide bonds. The zero-order chi connectivity index (χ0) is 23.6. The van der Waals surface area contributed by atoms with Gasteiger partial charge in [-0.25, -0.2) is 0 Å². The lowest BCUT2D eigenvalue weighted by molar-refractivity contribution is -0.144. The van der Waals surface area contributed by atoms with Gasteiger partial charge in [0.1, 0.15) is 5.60 Å². The van der Waals surface area contributed by atoms with Gasteiger partial charge < -0.3 is 15.2 Å².